The summed E-state index contributed by atoms with van der Waals surface area (Å²) in [5, 5.41) is 2.53. The lowest BCUT2D eigenvalue weighted by Gasteiger charge is -2.03. The third-order valence-electron chi connectivity index (χ3n) is 3.52. The van der Waals surface area contributed by atoms with Crippen LogP contribution in [-0.4, -0.2) is 6.04 Å². The second-order valence-corrected chi connectivity index (χ2v) is 5.47. The Morgan fingerprint density at radius 1 is 1.00 bits per heavy atom. The van der Waals surface area contributed by atoms with Gasteiger partial charge in [0.25, 0.3) is 0 Å². The lowest BCUT2D eigenvalue weighted by atomic mass is 10.1. The molecule has 1 aliphatic carbocycles. The van der Waals surface area contributed by atoms with Crippen molar-refractivity contribution >= 4 is 23.4 Å². The molecule has 2 N–H and O–H groups in total. The Balaban J connectivity index is 0.000000169. The molecule has 1 aliphatic rings. The number of rotatable bonds is 0. The zero-order chi connectivity index (χ0) is 13.0. The molecule has 18 heavy (non-hydrogen) atoms. The van der Waals surface area contributed by atoms with Crippen LogP contribution in [0.3, 0.4) is 0 Å². The van der Waals surface area contributed by atoms with Gasteiger partial charge in [0.15, 0.2) is 0 Å². The van der Waals surface area contributed by atoms with E-state index in [1.165, 1.54) is 42.0 Å². The zero-order valence-corrected chi connectivity index (χ0v) is 11.8. The van der Waals surface area contributed by atoms with E-state index in [4.69, 9.17) is 5.73 Å². The Kier molecular flexibility index (Phi) is 4.67. The molecular formula is C16H21NS. The zero-order valence-electron chi connectivity index (χ0n) is 10.9. The number of nitrogens with two attached hydrogens (primary N) is 1. The fourth-order valence-electron chi connectivity index (χ4n) is 2.39. The number of benzene rings is 2. The molecule has 1 fully saturated rings. The van der Waals surface area contributed by atoms with Gasteiger partial charge in [-0.15, -0.1) is 12.6 Å². The molecule has 1 nitrogen and oxygen atoms in total. The standard InChI is InChI=1S/C11H10S.C5H11N/c1-8-6-7-11(12)10-5-3-2-4-9(8)10;6-5-3-1-2-4-5/h2-7,12H,1H3;5H,1-4,6H2. The minimum Gasteiger partial charge on any atom is -0.328 e. The molecule has 0 spiro atoms. The molecule has 1 saturated carbocycles. The SMILES string of the molecule is Cc1ccc(S)c2ccccc12.NC1CCCC1. The van der Waals surface area contributed by atoms with Crippen molar-refractivity contribution < 1.29 is 0 Å². The summed E-state index contributed by atoms with van der Waals surface area (Å²) in [5.74, 6) is 0. The number of fused-ring (bicyclic) bond motifs is 1. The van der Waals surface area contributed by atoms with E-state index in [0.29, 0.717) is 6.04 Å². The largest absolute Gasteiger partial charge is 0.328 e. The predicted octanol–water partition coefficient (Wildman–Crippen LogP) is 4.32. The van der Waals surface area contributed by atoms with Crippen molar-refractivity contribution in [3.8, 4) is 0 Å². The van der Waals surface area contributed by atoms with E-state index in [9.17, 15) is 0 Å². The van der Waals surface area contributed by atoms with E-state index < -0.39 is 0 Å². The van der Waals surface area contributed by atoms with Crippen LogP contribution in [0.4, 0.5) is 0 Å². The molecule has 2 aromatic carbocycles. The first-order valence-electron chi connectivity index (χ1n) is 6.61. The van der Waals surface area contributed by atoms with Gasteiger partial charge in [0.2, 0.25) is 0 Å². The van der Waals surface area contributed by atoms with Gasteiger partial charge in [-0.2, -0.15) is 0 Å². The summed E-state index contributed by atoms with van der Waals surface area (Å²) < 4.78 is 0. The van der Waals surface area contributed by atoms with Crippen LogP contribution in [0.1, 0.15) is 31.2 Å². The van der Waals surface area contributed by atoms with Gasteiger partial charge in [-0.25, -0.2) is 0 Å². The van der Waals surface area contributed by atoms with Crippen LogP contribution in [0.2, 0.25) is 0 Å². The molecule has 0 heterocycles. The molecule has 0 atom stereocenters. The van der Waals surface area contributed by atoms with E-state index in [1.807, 2.05) is 12.1 Å². The average Bonchev–Trinajstić information content (AvgIpc) is 2.86. The summed E-state index contributed by atoms with van der Waals surface area (Å²) in [4.78, 5) is 1.05. The van der Waals surface area contributed by atoms with Crippen LogP contribution in [0, 0.1) is 6.92 Å². The smallest absolute Gasteiger partial charge is 0.0119 e. The number of hydrogen-bond donors (Lipinski definition) is 2. The summed E-state index contributed by atoms with van der Waals surface area (Å²) in [5.41, 5.74) is 6.84. The maximum absolute atomic E-state index is 5.53. The minimum absolute atomic E-state index is 0.546. The molecule has 0 unspecified atom stereocenters. The lowest BCUT2D eigenvalue weighted by molar-refractivity contribution is 0.704. The highest BCUT2D eigenvalue weighted by Gasteiger charge is 2.07. The van der Waals surface area contributed by atoms with Crippen molar-refractivity contribution in [3.63, 3.8) is 0 Å². The minimum atomic E-state index is 0.546. The van der Waals surface area contributed by atoms with Gasteiger partial charge in [-0.3, -0.25) is 0 Å². The van der Waals surface area contributed by atoms with Gasteiger partial charge in [-0.1, -0.05) is 43.2 Å². The highest BCUT2D eigenvalue weighted by molar-refractivity contribution is 7.80. The summed E-state index contributed by atoms with van der Waals surface area (Å²) >= 11 is 4.40. The molecule has 3 rings (SSSR count). The van der Waals surface area contributed by atoms with Crippen molar-refractivity contribution in [2.75, 3.05) is 0 Å². The Morgan fingerprint density at radius 2 is 1.61 bits per heavy atom. The predicted molar refractivity (Wildman–Crippen MR) is 82.4 cm³/mol. The highest BCUT2D eigenvalue weighted by atomic mass is 32.1. The molecule has 0 aliphatic heterocycles. The van der Waals surface area contributed by atoms with Gasteiger partial charge in [0, 0.05) is 10.9 Å². The third-order valence-corrected chi connectivity index (χ3v) is 3.91. The van der Waals surface area contributed by atoms with Crippen molar-refractivity contribution in [1.82, 2.24) is 0 Å². The van der Waals surface area contributed by atoms with Gasteiger partial charge in [0.05, 0.1) is 0 Å². The molecule has 0 aromatic heterocycles. The average molecular weight is 259 g/mol. The number of hydrogen-bond acceptors (Lipinski definition) is 2. The first-order chi connectivity index (χ1) is 8.68. The fraction of sp³-hybridized carbons (Fsp3) is 0.375. The first-order valence-corrected chi connectivity index (χ1v) is 7.06. The summed E-state index contributed by atoms with van der Waals surface area (Å²) in [7, 11) is 0. The molecular weight excluding hydrogens is 238 g/mol. The molecule has 0 saturated heterocycles. The van der Waals surface area contributed by atoms with Crippen molar-refractivity contribution in [1.29, 1.82) is 0 Å². The Bertz CT molecular complexity index is 475. The Hall–Kier alpha value is -0.990. The van der Waals surface area contributed by atoms with E-state index in [0.717, 1.165) is 4.90 Å². The third kappa shape index (κ3) is 3.27. The van der Waals surface area contributed by atoms with E-state index in [1.54, 1.807) is 0 Å². The van der Waals surface area contributed by atoms with Crippen LogP contribution in [0.25, 0.3) is 10.8 Å². The molecule has 0 amide bonds. The van der Waals surface area contributed by atoms with Crippen LogP contribution in [-0.2, 0) is 0 Å². The van der Waals surface area contributed by atoms with Gasteiger partial charge < -0.3 is 5.73 Å². The number of aryl methyl sites for hydroxylation is 1. The monoisotopic (exact) mass is 259 g/mol. The second kappa shape index (κ2) is 6.26. The topological polar surface area (TPSA) is 26.0 Å². The lowest BCUT2D eigenvalue weighted by Crippen LogP contribution is -2.13. The summed E-state index contributed by atoms with van der Waals surface area (Å²) in [6.07, 6.45) is 5.25. The summed E-state index contributed by atoms with van der Waals surface area (Å²) in [6.45, 7) is 2.12. The second-order valence-electron chi connectivity index (χ2n) is 4.99. The van der Waals surface area contributed by atoms with Crippen molar-refractivity contribution in [2.45, 2.75) is 43.5 Å². The van der Waals surface area contributed by atoms with Gasteiger partial charge >= 0.3 is 0 Å². The maximum Gasteiger partial charge on any atom is 0.0119 e. The normalized spacial score (nSPS) is 15.5. The summed E-state index contributed by atoms with van der Waals surface area (Å²) in [6, 6.07) is 13.0. The van der Waals surface area contributed by atoms with Crippen molar-refractivity contribution in [3.05, 3.63) is 42.0 Å². The first kappa shape index (κ1) is 13.4. The molecule has 0 radical (unpaired) electrons. The van der Waals surface area contributed by atoms with E-state index in [2.05, 4.69) is 43.8 Å². The Morgan fingerprint density at radius 3 is 2.11 bits per heavy atom. The fourth-order valence-corrected chi connectivity index (χ4v) is 2.66. The highest BCUT2D eigenvalue weighted by Crippen LogP contribution is 2.24. The molecule has 0 bridgehead atoms. The van der Waals surface area contributed by atoms with Crippen molar-refractivity contribution in [2.24, 2.45) is 5.73 Å². The van der Waals surface area contributed by atoms with Gasteiger partial charge in [0.1, 0.15) is 0 Å². The van der Waals surface area contributed by atoms with Crippen LogP contribution < -0.4 is 5.73 Å². The molecule has 96 valence electrons. The maximum atomic E-state index is 5.53. The van der Waals surface area contributed by atoms with Gasteiger partial charge in [-0.05, 0) is 42.2 Å². The quantitative estimate of drug-likeness (QED) is 0.677. The van der Waals surface area contributed by atoms with E-state index >= 15 is 0 Å². The Labute approximate surface area is 115 Å². The van der Waals surface area contributed by atoms with E-state index in [-0.39, 0.29) is 0 Å². The van der Waals surface area contributed by atoms with Crippen LogP contribution in [0.15, 0.2) is 41.3 Å². The van der Waals surface area contributed by atoms with Crippen LogP contribution in [0.5, 0.6) is 0 Å². The number of thiol groups is 1. The molecule has 2 aromatic rings. The van der Waals surface area contributed by atoms with Crippen LogP contribution >= 0.6 is 12.6 Å². The molecule has 2 heteroatoms.